The van der Waals surface area contributed by atoms with Crippen molar-refractivity contribution in [2.75, 3.05) is 38.3 Å². The molecule has 0 aromatic heterocycles. The topological polar surface area (TPSA) is 53.6 Å². The number of nitrogens with one attached hydrogen (secondary N) is 2. The van der Waals surface area contributed by atoms with Crippen molar-refractivity contribution in [1.82, 2.24) is 10.6 Å². The van der Waals surface area contributed by atoms with Crippen LogP contribution in [0.15, 0.2) is 48.5 Å². The van der Waals surface area contributed by atoms with E-state index in [2.05, 4.69) is 64.9 Å². The van der Waals surface area contributed by atoms with E-state index in [4.69, 9.17) is 4.74 Å². The van der Waals surface area contributed by atoms with Gasteiger partial charge >= 0.3 is 0 Å². The first kappa shape index (κ1) is 19.9. The van der Waals surface area contributed by atoms with E-state index in [1.54, 1.807) is 7.11 Å². The van der Waals surface area contributed by atoms with Crippen molar-refractivity contribution in [3.63, 3.8) is 0 Å². The molecule has 1 fully saturated rings. The monoisotopic (exact) mass is 393 g/mol. The Morgan fingerprint density at radius 1 is 1.24 bits per heavy atom. The van der Waals surface area contributed by atoms with Crippen LogP contribution in [0.2, 0.25) is 0 Å². The van der Waals surface area contributed by atoms with Gasteiger partial charge in [0.2, 0.25) is 0 Å². The molecule has 2 heterocycles. The van der Waals surface area contributed by atoms with Crippen LogP contribution in [0.5, 0.6) is 0 Å². The minimum atomic E-state index is -0.0366. The number of benzene rings is 2. The Balaban J connectivity index is 1.72. The molecule has 29 heavy (non-hydrogen) atoms. The van der Waals surface area contributed by atoms with Gasteiger partial charge in [0.25, 0.3) is 5.91 Å². The van der Waals surface area contributed by atoms with Crippen LogP contribution < -0.4 is 15.5 Å². The highest BCUT2D eigenvalue weighted by Gasteiger charge is 2.42. The lowest BCUT2D eigenvalue weighted by molar-refractivity contribution is 0.0936. The van der Waals surface area contributed by atoms with Crippen molar-refractivity contribution in [1.29, 1.82) is 0 Å². The molecule has 1 saturated heterocycles. The van der Waals surface area contributed by atoms with E-state index in [9.17, 15) is 4.79 Å². The lowest BCUT2D eigenvalue weighted by Crippen LogP contribution is -2.47. The summed E-state index contributed by atoms with van der Waals surface area (Å²) in [7, 11) is 1.64. The number of nitrogens with zero attached hydrogens (tertiary/aromatic N) is 1. The molecule has 2 aromatic carbocycles. The zero-order valence-corrected chi connectivity index (χ0v) is 17.4. The van der Waals surface area contributed by atoms with Gasteiger partial charge in [-0.3, -0.25) is 4.79 Å². The fraction of sp³-hybridized carbons (Fsp3) is 0.458. The van der Waals surface area contributed by atoms with Crippen LogP contribution in [-0.4, -0.2) is 39.3 Å². The van der Waals surface area contributed by atoms with Crippen LogP contribution >= 0.6 is 0 Å². The second kappa shape index (κ2) is 8.97. The van der Waals surface area contributed by atoms with Gasteiger partial charge in [0.05, 0.1) is 12.6 Å². The molecule has 0 spiro atoms. The molecular formula is C24H31N3O2. The van der Waals surface area contributed by atoms with Gasteiger partial charge < -0.3 is 20.3 Å². The zero-order valence-electron chi connectivity index (χ0n) is 17.4. The molecule has 0 aliphatic carbocycles. The van der Waals surface area contributed by atoms with Crippen LogP contribution in [0, 0.1) is 5.92 Å². The van der Waals surface area contributed by atoms with E-state index in [0.29, 0.717) is 25.1 Å². The molecule has 2 aliphatic rings. The second-order valence-electron chi connectivity index (χ2n) is 7.90. The number of methoxy groups -OCH3 is 1. The fourth-order valence-corrected chi connectivity index (χ4v) is 4.99. The molecule has 5 nitrogen and oxygen atoms in total. The van der Waals surface area contributed by atoms with Gasteiger partial charge in [0, 0.05) is 43.4 Å². The number of piperidine rings is 1. The summed E-state index contributed by atoms with van der Waals surface area (Å²) in [6.07, 6.45) is 2.38. The number of ether oxygens (including phenoxy) is 1. The zero-order chi connectivity index (χ0) is 20.2. The van der Waals surface area contributed by atoms with E-state index in [1.807, 2.05) is 6.07 Å². The largest absolute Gasteiger partial charge is 0.383 e. The maximum atomic E-state index is 12.6. The summed E-state index contributed by atoms with van der Waals surface area (Å²) in [5.41, 5.74) is 4.59. The maximum Gasteiger partial charge on any atom is 0.251 e. The van der Waals surface area contributed by atoms with Gasteiger partial charge in [0.1, 0.15) is 0 Å². The van der Waals surface area contributed by atoms with Crippen molar-refractivity contribution in [3.05, 3.63) is 65.2 Å². The van der Waals surface area contributed by atoms with E-state index in [0.717, 1.165) is 18.7 Å². The van der Waals surface area contributed by atoms with Crippen molar-refractivity contribution < 1.29 is 9.53 Å². The number of hydrogen-bond acceptors (Lipinski definition) is 4. The normalized spacial score (nSPS) is 23.2. The third-order valence-electron chi connectivity index (χ3n) is 6.26. The SMILES string of the molecule is CCN1c2ccc(C(=O)NCCOC)cc2C2NCCCC2C1c1ccccc1. The Bertz CT molecular complexity index is 839. The molecule has 0 radical (unpaired) electrons. The van der Waals surface area contributed by atoms with Gasteiger partial charge in [0.15, 0.2) is 0 Å². The first-order valence-corrected chi connectivity index (χ1v) is 10.7. The molecule has 0 bridgehead atoms. The van der Waals surface area contributed by atoms with Gasteiger partial charge in [-0.15, -0.1) is 0 Å². The van der Waals surface area contributed by atoms with Gasteiger partial charge in [-0.05, 0) is 55.6 Å². The Kier molecular flexibility index (Phi) is 6.16. The van der Waals surface area contributed by atoms with Crippen LogP contribution in [0.3, 0.4) is 0 Å². The highest BCUT2D eigenvalue weighted by Crippen LogP contribution is 2.50. The lowest BCUT2D eigenvalue weighted by Gasteiger charge is -2.50. The van der Waals surface area contributed by atoms with Crippen LogP contribution in [0.1, 0.15) is 53.3 Å². The smallest absolute Gasteiger partial charge is 0.251 e. The number of rotatable bonds is 6. The van der Waals surface area contributed by atoms with E-state index in [1.165, 1.54) is 29.7 Å². The summed E-state index contributed by atoms with van der Waals surface area (Å²) in [5, 5.41) is 6.70. The Morgan fingerprint density at radius 3 is 2.83 bits per heavy atom. The minimum Gasteiger partial charge on any atom is -0.383 e. The highest BCUT2D eigenvalue weighted by molar-refractivity contribution is 5.95. The van der Waals surface area contributed by atoms with Crippen molar-refractivity contribution in [3.8, 4) is 0 Å². The quantitative estimate of drug-likeness (QED) is 0.735. The summed E-state index contributed by atoms with van der Waals surface area (Å²) in [5.74, 6) is 0.454. The molecule has 2 aromatic rings. The molecule has 3 atom stereocenters. The molecule has 154 valence electrons. The molecular weight excluding hydrogens is 362 g/mol. The molecule has 2 aliphatic heterocycles. The van der Waals surface area contributed by atoms with Crippen molar-refractivity contribution >= 4 is 11.6 Å². The Hall–Kier alpha value is -2.37. The summed E-state index contributed by atoms with van der Waals surface area (Å²) >= 11 is 0. The number of carbonyl (C=O) groups excluding carboxylic acids is 1. The summed E-state index contributed by atoms with van der Waals surface area (Å²) in [6, 6.07) is 17.7. The molecule has 3 unspecified atom stereocenters. The van der Waals surface area contributed by atoms with Gasteiger partial charge in [-0.2, -0.15) is 0 Å². The Morgan fingerprint density at radius 2 is 2.07 bits per heavy atom. The first-order chi connectivity index (χ1) is 14.2. The van der Waals surface area contributed by atoms with Crippen molar-refractivity contribution in [2.24, 2.45) is 5.92 Å². The fourth-order valence-electron chi connectivity index (χ4n) is 4.99. The van der Waals surface area contributed by atoms with E-state index < -0.39 is 0 Å². The summed E-state index contributed by atoms with van der Waals surface area (Å²) in [6.45, 7) is 5.23. The highest BCUT2D eigenvalue weighted by atomic mass is 16.5. The average Bonchev–Trinajstić information content (AvgIpc) is 2.78. The van der Waals surface area contributed by atoms with Crippen molar-refractivity contribution in [2.45, 2.75) is 31.8 Å². The third-order valence-corrected chi connectivity index (χ3v) is 6.26. The maximum absolute atomic E-state index is 12.6. The van der Waals surface area contributed by atoms with Gasteiger partial charge in [-0.25, -0.2) is 0 Å². The van der Waals surface area contributed by atoms with Crippen LogP contribution in [-0.2, 0) is 4.74 Å². The molecule has 5 heteroatoms. The predicted octanol–water partition coefficient (Wildman–Crippen LogP) is 3.68. The molecule has 2 N–H and O–H groups in total. The van der Waals surface area contributed by atoms with E-state index in [-0.39, 0.29) is 11.9 Å². The number of fused-ring (bicyclic) bond motifs is 3. The summed E-state index contributed by atoms with van der Waals surface area (Å²) in [4.78, 5) is 15.1. The van der Waals surface area contributed by atoms with Gasteiger partial charge in [-0.1, -0.05) is 30.3 Å². The second-order valence-corrected chi connectivity index (χ2v) is 7.90. The number of hydrogen-bond donors (Lipinski definition) is 2. The minimum absolute atomic E-state index is 0.0366. The number of anilines is 1. The molecule has 1 amide bonds. The number of amides is 1. The van der Waals surface area contributed by atoms with Crippen LogP contribution in [0.4, 0.5) is 5.69 Å². The third kappa shape index (κ3) is 3.89. The summed E-state index contributed by atoms with van der Waals surface area (Å²) < 4.78 is 5.04. The van der Waals surface area contributed by atoms with Crippen LogP contribution in [0.25, 0.3) is 0 Å². The average molecular weight is 394 g/mol. The predicted molar refractivity (Wildman–Crippen MR) is 116 cm³/mol. The Labute approximate surface area is 173 Å². The standard InChI is InChI=1S/C24H31N3O2/c1-3-27-21-12-11-18(24(28)26-14-15-29-2)16-20(21)22-19(10-7-13-25-22)23(27)17-8-5-4-6-9-17/h4-6,8-9,11-12,16,19,22-23,25H,3,7,10,13-15H2,1-2H3,(H,26,28). The lowest BCUT2D eigenvalue weighted by atomic mass is 9.74. The molecule has 0 saturated carbocycles. The van der Waals surface area contributed by atoms with E-state index >= 15 is 0 Å². The first-order valence-electron chi connectivity index (χ1n) is 10.7. The molecule has 4 rings (SSSR count). The number of carbonyl (C=O) groups is 1.